The number of amides is 1. The fourth-order valence-corrected chi connectivity index (χ4v) is 2.64. The summed E-state index contributed by atoms with van der Waals surface area (Å²) in [6.45, 7) is 8.66. The molecular weight excluding hydrogens is 236 g/mol. The minimum absolute atomic E-state index is 0.202. The number of carbonyl (C=O) groups is 1. The van der Waals surface area contributed by atoms with Gasteiger partial charge in [0.1, 0.15) is 0 Å². The quantitative estimate of drug-likeness (QED) is 0.905. The van der Waals surface area contributed by atoms with Crippen LogP contribution < -0.4 is 5.32 Å². The maximum absolute atomic E-state index is 11.3. The first kappa shape index (κ1) is 14.1. The van der Waals surface area contributed by atoms with E-state index in [-0.39, 0.29) is 5.91 Å². The van der Waals surface area contributed by atoms with Gasteiger partial charge in [0, 0.05) is 32.6 Å². The number of hydrogen-bond donors (Lipinski definition) is 1. The number of nitrogens with one attached hydrogen (secondary N) is 1. The Labute approximate surface area is 116 Å². The molecular formula is C16H24N2O. The molecule has 1 saturated heterocycles. The summed E-state index contributed by atoms with van der Waals surface area (Å²) in [6.07, 6.45) is 2.12. The topological polar surface area (TPSA) is 32.3 Å². The van der Waals surface area contributed by atoms with E-state index in [0.717, 1.165) is 32.5 Å². The predicted molar refractivity (Wildman–Crippen MR) is 78.0 cm³/mol. The first-order valence-electron chi connectivity index (χ1n) is 7.11. The molecule has 0 unspecified atom stereocenters. The third-order valence-corrected chi connectivity index (χ3v) is 4.03. The first-order valence-corrected chi connectivity index (χ1v) is 7.11. The van der Waals surface area contributed by atoms with E-state index >= 15 is 0 Å². The summed E-state index contributed by atoms with van der Waals surface area (Å²) in [5.74, 6) is 0.202. The molecule has 3 heteroatoms. The van der Waals surface area contributed by atoms with Crippen molar-refractivity contribution in [3.63, 3.8) is 0 Å². The van der Waals surface area contributed by atoms with Gasteiger partial charge in [-0.3, -0.25) is 4.79 Å². The normalized spacial score (nSPS) is 16.7. The maximum atomic E-state index is 11.3. The Balaban J connectivity index is 1.83. The van der Waals surface area contributed by atoms with Gasteiger partial charge in [-0.1, -0.05) is 23.8 Å². The summed E-state index contributed by atoms with van der Waals surface area (Å²) in [5, 5.41) is 3.63. The molecule has 1 aromatic rings. The molecule has 104 valence electrons. The molecule has 1 aliphatic rings. The summed E-state index contributed by atoms with van der Waals surface area (Å²) in [6, 6.07) is 7.14. The monoisotopic (exact) mass is 260 g/mol. The van der Waals surface area contributed by atoms with Crippen LogP contribution in [0.5, 0.6) is 0 Å². The number of nitrogens with zero attached hydrogens (tertiary/aromatic N) is 1. The lowest BCUT2D eigenvalue weighted by Gasteiger charge is -2.32. The van der Waals surface area contributed by atoms with E-state index in [2.05, 4.69) is 37.4 Å². The Bertz CT molecular complexity index is 448. The van der Waals surface area contributed by atoms with Crippen LogP contribution in [0, 0.1) is 13.8 Å². The number of hydrogen-bond acceptors (Lipinski definition) is 2. The van der Waals surface area contributed by atoms with E-state index in [4.69, 9.17) is 0 Å². The van der Waals surface area contributed by atoms with Crippen molar-refractivity contribution >= 4 is 5.91 Å². The highest BCUT2D eigenvalue weighted by atomic mass is 16.2. The fourth-order valence-electron chi connectivity index (χ4n) is 2.64. The van der Waals surface area contributed by atoms with Crippen LogP contribution in [0.25, 0.3) is 0 Å². The van der Waals surface area contributed by atoms with Crippen LogP contribution in [-0.2, 0) is 11.3 Å². The second-order valence-electron chi connectivity index (χ2n) is 5.59. The van der Waals surface area contributed by atoms with Gasteiger partial charge in [0.15, 0.2) is 0 Å². The van der Waals surface area contributed by atoms with Crippen LogP contribution in [0.4, 0.5) is 0 Å². The number of rotatable bonds is 3. The van der Waals surface area contributed by atoms with Gasteiger partial charge in [-0.15, -0.1) is 0 Å². The number of likely N-dealkylation sites (tertiary alicyclic amines) is 1. The molecule has 19 heavy (non-hydrogen) atoms. The highest BCUT2D eigenvalue weighted by Crippen LogP contribution is 2.14. The van der Waals surface area contributed by atoms with Gasteiger partial charge >= 0.3 is 0 Å². The van der Waals surface area contributed by atoms with E-state index < -0.39 is 0 Å². The van der Waals surface area contributed by atoms with E-state index in [1.165, 1.54) is 16.7 Å². The average Bonchev–Trinajstić information content (AvgIpc) is 2.40. The Kier molecular flexibility index (Phi) is 4.59. The van der Waals surface area contributed by atoms with Gasteiger partial charge in [0.25, 0.3) is 0 Å². The summed E-state index contributed by atoms with van der Waals surface area (Å²) >= 11 is 0. The van der Waals surface area contributed by atoms with E-state index in [9.17, 15) is 4.79 Å². The average molecular weight is 260 g/mol. The summed E-state index contributed by atoms with van der Waals surface area (Å²) in [7, 11) is 0. The van der Waals surface area contributed by atoms with Crippen molar-refractivity contribution in [3.05, 3.63) is 34.9 Å². The predicted octanol–water partition coefficient (Wildman–Crippen LogP) is 2.40. The van der Waals surface area contributed by atoms with Gasteiger partial charge < -0.3 is 10.2 Å². The molecule has 0 saturated carbocycles. The molecule has 0 aromatic heterocycles. The standard InChI is InChI=1S/C16H24N2O/c1-12-4-5-13(2)15(10-12)11-17-16-6-8-18(9-7-16)14(3)19/h4-5,10,16-17H,6-9,11H2,1-3H3. The summed E-state index contributed by atoms with van der Waals surface area (Å²) in [4.78, 5) is 13.2. The van der Waals surface area contributed by atoms with Gasteiger partial charge in [-0.25, -0.2) is 0 Å². The molecule has 2 rings (SSSR count). The lowest BCUT2D eigenvalue weighted by Crippen LogP contribution is -2.44. The van der Waals surface area contributed by atoms with Crippen molar-refractivity contribution in [1.29, 1.82) is 0 Å². The van der Waals surface area contributed by atoms with Crippen molar-refractivity contribution in [2.24, 2.45) is 0 Å². The Morgan fingerprint density at radius 3 is 2.63 bits per heavy atom. The van der Waals surface area contributed by atoms with Crippen LogP contribution in [-0.4, -0.2) is 29.9 Å². The zero-order chi connectivity index (χ0) is 13.8. The second kappa shape index (κ2) is 6.20. The molecule has 0 bridgehead atoms. The van der Waals surface area contributed by atoms with Crippen molar-refractivity contribution in [1.82, 2.24) is 10.2 Å². The van der Waals surface area contributed by atoms with Gasteiger partial charge in [-0.05, 0) is 37.8 Å². The highest BCUT2D eigenvalue weighted by molar-refractivity contribution is 5.73. The molecule has 1 N–H and O–H groups in total. The lowest BCUT2D eigenvalue weighted by molar-refractivity contribution is -0.129. The van der Waals surface area contributed by atoms with Crippen LogP contribution in [0.3, 0.4) is 0 Å². The first-order chi connectivity index (χ1) is 9.06. The third-order valence-electron chi connectivity index (χ3n) is 4.03. The lowest BCUT2D eigenvalue weighted by atomic mass is 10.0. The molecule has 0 aliphatic carbocycles. The largest absolute Gasteiger partial charge is 0.343 e. The molecule has 3 nitrogen and oxygen atoms in total. The van der Waals surface area contributed by atoms with E-state index in [1.54, 1.807) is 6.92 Å². The SMILES string of the molecule is CC(=O)N1CCC(NCc2cc(C)ccc2C)CC1. The van der Waals surface area contributed by atoms with E-state index in [1.807, 2.05) is 4.90 Å². The number of piperidine rings is 1. The van der Waals surface area contributed by atoms with Crippen molar-refractivity contribution < 1.29 is 4.79 Å². The summed E-state index contributed by atoms with van der Waals surface area (Å²) < 4.78 is 0. The van der Waals surface area contributed by atoms with Crippen LogP contribution in [0.1, 0.15) is 36.5 Å². The molecule has 1 aliphatic heterocycles. The van der Waals surface area contributed by atoms with Gasteiger partial charge in [0.2, 0.25) is 5.91 Å². The number of aryl methyl sites for hydroxylation is 2. The van der Waals surface area contributed by atoms with Crippen LogP contribution in [0.2, 0.25) is 0 Å². The zero-order valence-corrected chi connectivity index (χ0v) is 12.2. The fraction of sp³-hybridized carbons (Fsp3) is 0.562. The summed E-state index contributed by atoms with van der Waals surface area (Å²) in [5.41, 5.74) is 4.04. The van der Waals surface area contributed by atoms with Crippen molar-refractivity contribution in [2.75, 3.05) is 13.1 Å². The van der Waals surface area contributed by atoms with Crippen molar-refractivity contribution in [2.45, 2.75) is 46.2 Å². The molecule has 1 heterocycles. The smallest absolute Gasteiger partial charge is 0.219 e. The van der Waals surface area contributed by atoms with Crippen LogP contribution in [0.15, 0.2) is 18.2 Å². The van der Waals surface area contributed by atoms with Crippen molar-refractivity contribution in [3.8, 4) is 0 Å². The van der Waals surface area contributed by atoms with Crippen LogP contribution >= 0.6 is 0 Å². The molecule has 1 amide bonds. The number of carbonyl (C=O) groups excluding carboxylic acids is 1. The Morgan fingerprint density at radius 1 is 1.32 bits per heavy atom. The molecule has 0 radical (unpaired) electrons. The maximum Gasteiger partial charge on any atom is 0.219 e. The molecule has 1 fully saturated rings. The zero-order valence-electron chi connectivity index (χ0n) is 12.2. The van der Waals surface area contributed by atoms with Gasteiger partial charge in [-0.2, -0.15) is 0 Å². The van der Waals surface area contributed by atoms with Gasteiger partial charge in [0.05, 0.1) is 0 Å². The minimum Gasteiger partial charge on any atom is -0.343 e. The molecule has 0 atom stereocenters. The Hall–Kier alpha value is -1.35. The molecule has 0 spiro atoms. The molecule has 1 aromatic carbocycles. The second-order valence-corrected chi connectivity index (χ2v) is 5.59. The minimum atomic E-state index is 0.202. The van der Waals surface area contributed by atoms with E-state index in [0.29, 0.717) is 6.04 Å². The highest BCUT2D eigenvalue weighted by Gasteiger charge is 2.20. The Morgan fingerprint density at radius 2 is 2.00 bits per heavy atom. The third kappa shape index (κ3) is 3.80. The number of benzene rings is 1.